The van der Waals surface area contributed by atoms with Crippen LogP contribution in [0.1, 0.15) is 11.7 Å². The van der Waals surface area contributed by atoms with Crippen LogP contribution < -0.4 is 15.2 Å². The highest BCUT2D eigenvalue weighted by atomic mass is 16.5. The molecular formula is C11H17NO3. The van der Waals surface area contributed by atoms with Crippen molar-refractivity contribution < 1.29 is 14.2 Å². The second kappa shape index (κ2) is 5.58. The third-order valence-corrected chi connectivity index (χ3v) is 2.28. The number of methoxy groups -OCH3 is 3. The van der Waals surface area contributed by atoms with Gasteiger partial charge in [0.1, 0.15) is 0 Å². The molecule has 0 aliphatic carbocycles. The highest BCUT2D eigenvalue weighted by Crippen LogP contribution is 2.30. The number of hydrogen-bond donors (Lipinski definition) is 1. The van der Waals surface area contributed by atoms with E-state index in [0.29, 0.717) is 18.0 Å². The molecule has 0 aromatic heterocycles. The molecule has 1 atom stereocenters. The van der Waals surface area contributed by atoms with Crippen LogP contribution in [0.2, 0.25) is 0 Å². The second-order valence-corrected chi connectivity index (χ2v) is 3.07. The third kappa shape index (κ3) is 2.61. The van der Waals surface area contributed by atoms with Crippen LogP contribution in [-0.2, 0) is 4.74 Å². The van der Waals surface area contributed by atoms with E-state index < -0.39 is 0 Å². The molecule has 0 spiro atoms. The van der Waals surface area contributed by atoms with Gasteiger partial charge >= 0.3 is 0 Å². The highest BCUT2D eigenvalue weighted by molar-refractivity contribution is 5.43. The minimum Gasteiger partial charge on any atom is -0.493 e. The first kappa shape index (κ1) is 11.8. The van der Waals surface area contributed by atoms with Gasteiger partial charge in [-0.3, -0.25) is 0 Å². The van der Waals surface area contributed by atoms with E-state index in [0.717, 1.165) is 5.56 Å². The van der Waals surface area contributed by atoms with Crippen molar-refractivity contribution in [3.8, 4) is 11.5 Å². The summed E-state index contributed by atoms with van der Waals surface area (Å²) >= 11 is 0. The zero-order chi connectivity index (χ0) is 11.3. The molecule has 84 valence electrons. The monoisotopic (exact) mass is 211 g/mol. The minimum absolute atomic E-state index is 0.107. The summed E-state index contributed by atoms with van der Waals surface area (Å²) in [6, 6.07) is 5.64. The molecule has 15 heavy (non-hydrogen) atoms. The van der Waals surface area contributed by atoms with Crippen molar-refractivity contribution in [2.24, 2.45) is 5.73 Å². The molecule has 0 heterocycles. The Morgan fingerprint density at radius 1 is 1.13 bits per heavy atom. The molecule has 2 N–H and O–H groups in total. The Kier molecular flexibility index (Phi) is 4.39. The van der Waals surface area contributed by atoms with Crippen molar-refractivity contribution in [2.45, 2.75) is 6.10 Å². The quantitative estimate of drug-likeness (QED) is 0.798. The Labute approximate surface area is 89.9 Å². The summed E-state index contributed by atoms with van der Waals surface area (Å²) in [5, 5.41) is 0. The summed E-state index contributed by atoms with van der Waals surface area (Å²) in [7, 11) is 4.84. The maximum atomic E-state index is 5.58. The minimum atomic E-state index is -0.107. The number of rotatable bonds is 5. The van der Waals surface area contributed by atoms with E-state index >= 15 is 0 Å². The van der Waals surface area contributed by atoms with Gasteiger partial charge in [0.2, 0.25) is 0 Å². The Bertz CT molecular complexity index is 311. The SMILES string of the molecule is COc1ccc([C@H](CN)OC)cc1OC. The summed E-state index contributed by atoms with van der Waals surface area (Å²) in [5.74, 6) is 1.39. The lowest BCUT2D eigenvalue weighted by atomic mass is 10.1. The fourth-order valence-electron chi connectivity index (χ4n) is 1.42. The molecule has 4 heteroatoms. The van der Waals surface area contributed by atoms with Crippen molar-refractivity contribution in [3.05, 3.63) is 23.8 Å². The van der Waals surface area contributed by atoms with Gasteiger partial charge in [0.25, 0.3) is 0 Å². The lowest BCUT2D eigenvalue weighted by Gasteiger charge is -2.15. The summed E-state index contributed by atoms with van der Waals surface area (Å²) in [4.78, 5) is 0. The van der Waals surface area contributed by atoms with Crippen LogP contribution in [0.4, 0.5) is 0 Å². The van der Waals surface area contributed by atoms with Gasteiger partial charge in [-0.25, -0.2) is 0 Å². The molecule has 0 radical (unpaired) electrons. The van der Waals surface area contributed by atoms with Crippen LogP contribution in [0.3, 0.4) is 0 Å². The maximum Gasteiger partial charge on any atom is 0.161 e. The summed E-state index contributed by atoms with van der Waals surface area (Å²) < 4.78 is 15.6. The molecule has 0 saturated heterocycles. The van der Waals surface area contributed by atoms with Crippen LogP contribution in [0, 0.1) is 0 Å². The summed E-state index contributed by atoms with van der Waals surface area (Å²) in [6.45, 7) is 0.436. The van der Waals surface area contributed by atoms with E-state index in [2.05, 4.69) is 0 Å². The van der Waals surface area contributed by atoms with E-state index in [1.807, 2.05) is 18.2 Å². The Hall–Kier alpha value is -1.26. The molecule has 1 aromatic carbocycles. The molecule has 1 aromatic rings. The lowest BCUT2D eigenvalue weighted by Crippen LogP contribution is -2.14. The average molecular weight is 211 g/mol. The van der Waals surface area contributed by atoms with Crippen LogP contribution in [0.25, 0.3) is 0 Å². The van der Waals surface area contributed by atoms with Gasteiger partial charge in [-0.1, -0.05) is 6.07 Å². The summed E-state index contributed by atoms with van der Waals surface area (Å²) in [5.41, 5.74) is 6.56. The Morgan fingerprint density at radius 3 is 2.27 bits per heavy atom. The molecule has 0 aliphatic rings. The third-order valence-electron chi connectivity index (χ3n) is 2.28. The van der Waals surface area contributed by atoms with Gasteiger partial charge in [-0.2, -0.15) is 0 Å². The predicted octanol–water partition coefficient (Wildman–Crippen LogP) is 1.35. The van der Waals surface area contributed by atoms with Crippen molar-refractivity contribution in [1.29, 1.82) is 0 Å². The number of nitrogens with two attached hydrogens (primary N) is 1. The van der Waals surface area contributed by atoms with E-state index in [-0.39, 0.29) is 6.10 Å². The molecule has 0 unspecified atom stereocenters. The molecule has 0 saturated carbocycles. The van der Waals surface area contributed by atoms with Crippen molar-refractivity contribution in [1.82, 2.24) is 0 Å². The Morgan fingerprint density at radius 2 is 1.80 bits per heavy atom. The second-order valence-electron chi connectivity index (χ2n) is 3.07. The molecule has 0 fully saturated rings. The summed E-state index contributed by atoms with van der Waals surface area (Å²) in [6.07, 6.45) is -0.107. The topological polar surface area (TPSA) is 53.7 Å². The first-order valence-corrected chi connectivity index (χ1v) is 4.71. The normalized spacial score (nSPS) is 12.3. The Balaban J connectivity index is 3.01. The van der Waals surface area contributed by atoms with E-state index in [1.165, 1.54) is 0 Å². The van der Waals surface area contributed by atoms with Gasteiger partial charge in [-0.05, 0) is 17.7 Å². The maximum absolute atomic E-state index is 5.58. The molecule has 0 amide bonds. The predicted molar refractivity (Wildman–Crippen MR) is 58.4 cm³/mol. The molecule has 0 aliphatic heterocycles. The fraction of sp³-hybridized carbons (Fsp3) is 0.455. The number of ether oxygens (including phenoxy) is 3. The van der Waals surface area contributed by atoms with Crippen molar-refractivity contribution in [3.63, 3.8) is 0 Å². The van der Waals surface area contributed by atoms with Gasteiger partial charge < -0.3 is 19.9 Å². The molecule has 0 bridgehead atoms. The van der Waals surface area contributed by atoms with Gasteiger partial charge in [0.15, 0.2) is 11.5 Å². The smallest absolute Gasteiger partial charge is 0.161 e. The van der Waals surface area contributed by atoms with Crippen LogP contribution in [-0.4, -0.2) is 27.9 Å². The lowest BCUT2D eigenvalue weighted by molar-refractivity contribution is 0.110. The molecule has 4 nitrogen and oxygen atoms in total. The highest BCUT2D eigenvalue weighted by Gasteiger charge is 2.11. The van der Waals surface area contributed by atoms with E-state index in [9.17, 15) is 0 Å². The standard InChI is InChI=1S/C11H17NO3/c1-13-9-5-4-8(6-10(9)14-2)11(7-12)15-3/h4-6,11H,7,12H2,1-3H3/t11-/m0/s1. The van der Waals surface area contributed by atoms with Crippen molar-refractivity contribution in [2.75, 3.05) is 27.9 Å². The number of benzene rings is 1. The van der Waals surface area contributed by atoms with Gasteiger partial charge in [0.05, 0.1) is 20.3 Å². The van der Waals surface area contributed by atoms with Crippen LogP contribution >= 0.6 is 0 Å². The molecular weight excluding hydrogens is 194 g/mol. The van der Waals surface area contributed by atoms with Gasteiger partial charge in [-0.15, -0.1) is 0 Å². The van der Waals surface area contributed by atoms with Crippen LogP contribution in [0.5, 0.6) is 11.5 Å². The van der Waals surface area contributed by atoms with Crippen LogP contribution in [0.15, 0.2) is 18.2 Å². The fourth-order valence-corrected chi connectivity index (χ4v) is 1.42. The first-order chi connectivity index (χ1) is 7.26. The first-order valence-electron chi connectivity index (χ1n) is 4.71. The zero-order valence-electron chi connectivity index (χ0n) is 9.32. The van der Waals surface area contributed by atoms with E-state index in [4.69, 9.17) is 19.9 Å². The number of hydrogen-bond acceptors (Lipinski definition) is 4. The average Bonchev–Trinajstić information content (AvgIpc) is 2.30. The van der Waals surface area contributed by atoms with E-state index in [1.54, 1.807) is 21.3 Å². The van der Waals surface area contributed by atoms with Gasteiger partial charge in [0, 0.05) is 13.7 Å². The molecule has 1 rings (SSSR count). The zero-order valence-corrected chi connectivity index (χ0v) is 9.32. The largest absolute Gasteiger partial charge is 0.493 e. The van der Waals surface area contributed by atoms with Crippen molar-refractivity contribution >= 4 is 0 Å².